The zero-order chi connectivity index (χ0) is 20.2. The summed E-state index contributed by atoms with van der Waals surface area (Å²) >= 11 is 3.32. The van der Waals surface area contributed by atoms with Crippen LogP contribution in [0.4, 0.5) is 0 Å². The molecule has 2 aromatic rings. The Balaban J connectivity index is 1.70. The zero-order valence-corrected chi connectivity index (χ0v) is 17.9. The van der Waals surface area contributed by atoms with Gasteiger partial charge in [0.15, 0.2) is 0 Å². The summed E-state index contributed by atoms with van der Waals surface area (Å²) in [6.45, 7) is 0.405. The average Bonchev–Trinajstić information content (AvgIpc) is 3.11. The van der Waals surface area contributed by atoms with Crippen molar-refractivity contribution in [3.05, 3.63) is 64.1 Å². The topological polar surface area (TPSA) is 83.5 Å². The fraction of sp³-hybridized carbons (Fsp3) is 0.381. The van der Waals surface area contributed by atoms with Gasteiger partial charge in [0.2, 0.25) is 10.0 Å². The van der Waals surface area contributed by atoms with E-state index < -0.39 is 16.0 Å². The fourth-order valence-electron chi connectivity index (χ4n) is 3.87. The molecule has 1 saturated carbocycles. The van der Waals surface area contributed by atoms with Crippen LogP contribution in [0.3, 0.4) is 0 Å². The first-order valence-electron chi connectivity index (χ1n) is 9.33. The van der Waals surface area contributed by atoms with Gasteiger partial charge in [0, 0.05) is 11.0 Å². The van der Waals surface area contributed by atoms with Crippen molar-refractivity contribution in [2.24, 2.45) is 5.41 Å². The van der Waals surface area contributed by atoms with Crippen molar-refractivity contribution >= 4 is 31.9 Å². The quantitative estimate of drug-likeness (QED) is 0.612. The lowest BCUT2D eigenvalue weighted by atomic mass is 9.80. The number of rotatable bonds is 8. The molecule has 0 aliphatic heterocycles. The predicted molar refractivity (Wildman–Crippen MR) is 112 cm³/mol. The Bertz CT molecular complexity index is 918. The molecule has 7 heteroatoms. The second-order valence-electron chi connectivity index (χ2n) is 7.55. The Morgan fingerprint density at radius 2 is 1.57 bits per heavy atom. The van der Waals surface area contributed by atoms with Gasteiger partial charge in [0.05, 0.1) is 11.3 Å². The van der Waals surface area contributed by atoms with E-state index in [0.717, 1.165) is 47.7 Å². The molecule has 0 heterocycles. The molecule has 28 heavy (non-hydrogen) atoms. The molecule has 0 radical (unpaired) electrons. The first-order chi connectivity index (χ1) is 13.3. The average molecular weight is 466 g/mol. The molecule has 0 saturated heterocycles. The minimum atomic E-state index is -3.55. The number of benzene rings is 2. The van der Waals surface area contributed by atoms with Crippen molar-refractivity contribution in [2.75, 3.05) is 6.54 Å². The van der Waals surface area contributed by atoms with Gasteiger partial charge in [-0.3, -0.25) is 4.79 Å². The molecule has 0 aromatic heterocycles. The SMILES string of the molecule is O=C(O)Cc1ccc(CC2(CNS(=O)(=O)c3ccc(Br)cc3)CCCC2)cc1. The van der Waals surface area contributed by atoms with Crippen LogP contribution in [0.25, 0.3) is 0 Å². The second kappa shape index (κ2) is 8.76. The summed E-state index contributed by atoms with van der Waals surface area (Å²) in [5, 5.41) is 8.89. The van der Waals surface area contributed by atoms with Crippen LogP contribution in [0, 0.1) is 5.41 Å². The van der Waals surface area contributed by atoms with Crippen LogP contribution in [0.15, 0.2) is 57.9 Å². The normalized spacial score (nSPS) is 16.2. The monoisotopic (exact) mass is 465 g/mol. The van der Waals surface area contributed by atoms with Gasteiger partial charge in [-0.2, -0.15) is 0 Å². The molecule has 0 amide bonds. The third-order valence-corrected chi connectivity index (χ3v) is 7.33. The minimum absolute atomic E-state index is 0.0123. The lowest BCUT2D eigenvalue weighted by Gasteiger charge is -2.29. The Morgan fingerprint density at radius 1 is 1.00 bits per heavy atom. The molecule has 0 bridgehead atoms. The van der Waals surface area contributed by atoms with Crippen LogP contribution >= 0.6 is 15.9 Å². The van der Waals surface area contributed by atoms with E-state index in [4.69, 9.17) is 5.11 Å². The molecule has 2 aromatic carbocycles. The van der Waals surface area contributed by atoms with Gasteiger partial charge < -0.3 is 5.11 Å². The number of carbonyl (C=O) groups is 1. The molecule has 0 unspecified atom stereocenters. The Morgan fingerprint density at radius 3 is 2.14 bits per heavy atom. The number of carboxylic acid groups (broad SMARTS) is 1. The summed E-state index contributed by atoms with van der Waals surface area (Å²) in [4.78, 5) is 11.1. The second-order valence-corrected chi connectivity index (χ2v) is 10.2. The highest BCUT2D eigenvalue weighted by Crippen LogP contribution is 2.40. The van der Waals surface area contributed by atoms with E-state index in [1.807, 2.05) is 24.3 Å². The highest BCUT2D eigenvalue weighted by atomic mass is 79.9. The molecule has 150 valence electrons. The molecule has 0 spiro atoms. The van der Waals surface area contributed by atoms with Crippen molar-refractivity contribution in [1.82, 2.24) is 4.72 Å². The van der Waals surface area contributed by atoms with Crippen LogP contribution in [0.1, 0.15) is 36.8 Å². The zero-order valence-electron chi connectivity index (χ0n) is 15.5. The molecule has 2 N–H and O–H groups in total. The van der Waals surface area contributed by atoms with Crippen molar-refractivity contribution in [1.29, 1.82) is 0 Å². The third kappa shape index (κ3) is 5.43. The molecule has 1 aliphatic carbocycles. The van der Waals surface area contributed by atoms with Gasteiger partial charge in [0.1, 0.15) is 0 Å². The van der Waals surface area contributed by atoms with Gasteiger partial charge >= 0.3 is 5.97 Å². The van der Waals surface area contributed by atoms with Gasteiger partial charge in [-0.05, 0) is 60.1 Å². The molecule has 5 nitrogen and oxygen atoms in total. The molecule has 1 aliphatic rings. The van der Waals surface area contributed by atoms with Crippen LogP contribution in [-0.4, -0.2) is 26.0 Å². The first-order valence-corrected chi connectivity index (χ1v) is 11.6. The number of carboxylic acids is 1. The smallest absolute Gasteiger partial charge is 0.307 e. The van der Waals surface area contributed by atoms with E-state index in [0.29, 0.717) is 6.54 Å². The number of aliphatic carboxylic acids is 1. The van der Waals surface area contributed by atoms with Crippen molar-refractivity contribution in [3.63, 3.8) is 0 Å². The molecule has 3 rings (SSSR count). The summed E-state index contributed by atoms with van der Waals surface area (Å²) in [5.74, 6) is -0.845. The van der Waals surface area contributed by atoms with Crippen LogP contribution < -0.4 is 4.72 Å². The highest BCUT2D eigenvalue weighted by Gasteiger charge is 2.35. The van der Waals surface area contributed by atoms with Gasteiger partial charge in [0.25, 0.3) is 0 Å². The Kier molecular flexibility index (Phi) is 6.58. The number of halogens is 1. The number of hydrogen-bond acceptors (Lipinski definition) is 3. The fourth-order valence-corrected chi connectivity index (χ4v) is 5.29. The van der Waals surface area contributed by atoms with E-state index in [1.54, 1.807) is 24.3 Å². The van der Waals surface area contributed by atoms with Crippen molar-refractivity contribution in [3.8, 4) is 0 Å². The molecular weight excluding hydrogens is 442 g/mol. The molecular formula is C21H24BrNO4S. The maximum absolute atomic E-state index is 12.7. The first kappa shape index (κ1) is 21.0. The molecule has 1 fully saturated rings. The standard InChI is InChI=1S/C21H24BrNO4S/c22-18-7-9-19(10-8-18)28(26,27)23-15-21(11-1-2-12-21)14-17-5-3-16(4-6-17)13-20(24)25/h3-10,23H,1-2,11-15H2,(H,24,25). The van der Waals surface area contributed by atoms with E-state index in [1.165, 1.54) is 0 Å². The Labute approximate surface area is 174 Å². The van der Waals surface area contributed by atoms with E-state index in [2.05, 4.69) is 20.7 Å². The predicted octanol–water partition coefficient (Wildman–Crippen LogP) is 4.16. The third-order valence-electron chi connectivity index (χ3n) is 5.38. The summed E-state index contributed by atoms with van der Waals surface area (Å²) in [7, 11) is -3.55. The number of sulfonamides is 1. The largest absolute Gasteiger partial charge is 0.481 e. The van der Waals surface area contributed by atoms with Crippen LogP contribution in [-0.2, 0) is 27.7 Å². The van der Waals surface area contributed by atoms with E-state index in [9.17, 15) is 13.2 Å². The summed E-state index contributed by atoms with van der Waals surface area (Å²) in [6.07, 6.45) is 4.94. The van der Waals surface area contributed by atoms with Crippen molar-refractivity contribution < 1.29 is 18.3 Å². The lowest BCUT2D eigenvalue weighted by molar-refractivity contribution is -0.136. The summed E-state index contributed by atoms with van der Waals surface area (Å²) in [5.41, 5.74) is 1.78. The minimum Gasteiger partial charge on any atom is -0.481 e. The van der Waals surface area contributed by atoms with Crippen molar-refractivity contribution in [2.45, 2.75) is 43.4 Å². The summed E-state index contributed by atoms with van der Waals surface area (Å²) in [6, 6.07) is 14.2. The highest BCUT2D eigenvalue weighted by molar-refractivity contribution is 9.10. The lowest BCUT2D eigenvalue weighted by Crippen LogP contribution is -2.37. The van der Waals surface area contributed by atoms with Crippen LogP contribution in [0.5, 0.6) is 0 Å². The maximum atomic E-state index is 12.7. The van der Waals surface area contributed by atoms with Gasteiger partial charge in [-0.15, -0.1) is 0 Å². The Hall–Kier alpha value is -1.70. The van der Waals surface area contributed by atoms with E-state index in [-0.39, 0.29) is 16.7 Å². The van der Waals surface area contributed by atoms with Crippen LogP contribution in [0.2, 0.25) is 0 Å². The van der Waals surface area contributed by atoms with E-state index >= 15 is 0 Å². The number of nitrogens with one attached hydrogen (secondary N) is 1. The maximum Gasteiger partial charge on any atom is 0.307 e. The summed E-state index contributed by atoms with van der Waals surface area (Å²) < 4.78 is 29.0. The number of hydrogen-bond donors (Lipinski definition) is 2. The molecule has 0 atom stereocenters. The van der Waals surface area contributed by atoms with Gasteiger partial charge in [-0.1, -0.05) is 53.0 Å². The van der Waals surface area contributed by atoms with Gasteiger partial charge in [-0.25, -0.2) is 13.1 Å².